The van der Waals surface area contributed by atoms with E-state index in [4.69, 9.17) is 4.42 Å². The van der Waals surface area contributed by atoms with Crippen LogP contribution < -0.4 is 4.72 Å². The van der Waals surface area contributed by atoms with Gasteiger partial charge in [0.1, 0.15) is 11.4 Å². The number of nitrogens with zero attached hydrogens (tertiary/aromatic N) is 3. The van der Waals surface area contributed by atoms with Crippen LogP contribution in [0.1, 0.15) is 30.8 Å². The molecule has 0 saturated heterocycles. The first-order valence-electron chi connectivity index (χ1n) is 7.85. The molecule has 3 rings (SSSR count). The molecule has 0 fully saturated rings. The van der Waals surface area contributed by atoms with Gasteiger partial charge in [-0.25, -0.2) is 8.42 Å². The molecule has 8 nitrogen and oxygen atoms in total. The molecule has 1 unspecified atom stereocenters. The fourth-order valence-electron chi connectivity index (χ4n) is 2.52. The second-order valence-corrected chi connectivity index (χ2v) is 7.39. The number of aryl methyl sites for hydroxylation is 1. The van der Waals surface area contributed by atoms with Crippen molar-refractivity contribution in [2.75, 3.05) is 0 Å². The molecule has 0 radical (unpaired) electrons. The maximum atomic E-state index is 12.6. The van der Waals surface area contributed by atoms with Crippen LogP contribution in [0.4, 0.5) is 13.2 Å². The van der Waals surface area contributed by atoms with Crippen molar-refractivity contribution in [3.63, 3.8) is 0 Å². The highest BCUT2D eigenvalue weighted by Gasteiger charge is 2.33. The van der Waals surface area contributed by atoms with Crippen molar-refractivity contribution in [2.24, 2.45) is 7.05 Å². The molecular weight excluding hydrogens is 387 g/mol. The number of furan rings is 1. The fourth-order valence-corrected chi connectivity index (χ4v) is 3.74. The number of hydrogen-bond donors (Lipinski definition) is 2. The molecule has 3 aromatic heterocycles. The van der Waals surface area contributed by atoms with Gasteiger partial charge in [0, 0.05) is 13.2 Å². The van der Waals surface area contributed by atoms with E-state index < -0.39 is 33.0 Å². The van der Waals surface area contributed by atoms with Crippen LogP contribution in [0.15, 0.2) is 40.0 Å². The molecule has 146 valence electrons. The monoisotopic (exact) mass is 403 g/mol. The van der Waals surface area contributed by atoms with E-state index in [-0.39, 0.29) is 11.5 Å². The number of aromatic nitrogens is 4. The number of sulfonamides is 1. The summed E-state index contributed by atoms with van der Waals surface area (Å²) in [7, 11) is -2.35. The minimum absolute atomic E-state index is 0.101. The molecule has 2 N–H and O–H groups in total. The quantitative estimate of drug-likeness (QED) is 0.658. The van der Waals surface area contributed by atoms with Gasteiger partial charge in [0.15, 0.2) is 5.76 Å². The van der Waals surface area contributed by atoms with E-state index in [9.17, 15) is 21.6 Å². The first-order valence-corrected chi connectivity index (χ1v) is 9.33. The number of H-pyrrole nitrogens is 1. The van der Waals surface area contributed by atoms with Gasteiger partial charge in [-0.15, -0.1) is 0 Å². The van der Waals surface area contributed by atoms with Gasteiger partial charge in [0.25, 0.3) is 10.0 Å². The summed E-state index contributed by atoms with van der Waals surface area (Å²) in [6.07, 6.45) is -2.58. The number of aromatic amines is 1. The van der Waals surface area contributed by atoms with Crippen LogP contribution in [-0.2, 0) is 23.2 Å². The largest absolute Gasteiger partial charge is 0.442 e. The minimum atomic E-state index is -4.59. The second-order valence-electron chi connectivity index (χ2n) is 5.75. The van der Waals surface area contributed by atoms with E-state index in [1.54, 1.807) is 30.9 Å². The summed E-state index contributed by atoms with van der Waals surface area (Å²) in [5.74, 6) is -0.101. The van der Waals surface area contributed by atoms with Crippen LogP contribution in [0, 0.1) is 0 Å². The van der Waals surface area contributed by atoms with E-state index in [1.807, 2.05) is 5.10 Å². The Morgan fingerprint density at radius 1 is 1.33 bits per heavy atom. The average molecular weight is 403 g/mol. The van der Waals surface area contributed by atoms with Crippen LogP contribution >= 0.6 is 0 Å². The molecule has 1 atom stereocenters. The summed E-state index contributed by atoms with van der Waals surface area (Å²) in [4.78, 5) is 0. The van der Waals surface area contributed by atoms with Crippen LogP contribution in [0.3, 0.4) is 0 Å². The Kier molecular flexibility index (Phi) is 4.86. The average Bonchev–Trinajstić information content (AvgIpc) is 3.31. The summed E-state index contributed by atoms with van der Waals surface area (Å²) in [5.41, 5.74) is -0.545. The predicted octanol–water partition coefficient (Wildman–Crippen LogP) is 2.85. The van der Waals surface area contributed by atoms with Gasteiger partial charge in [0.2, 0.25) is 5.09 Å². The zero-order valence-corrected chi connectivity index (χ0v) is 15.1. The Hall–Kier alpha value is -2.60. The van der Waals surface area contributed by atoms with Crippen molar-refractivity contribution in [3.05, 3.63) is 41.9 Å². The fraction of sp³-hybridized carbons (Fsp3) is 0.333. The normalized spacial score (nSPS) is 13.8. The van der Waals surface area contributed by atoms with Crippen LogP contribution in [0.25, 0.3) is 11.5 Å². The Bertz CT molecular complexity index is 1040. The summed E-state index contributed by atoms with van der Waals surface area (Å²) in [6, 6.07) is 4.30. The van der Waals surface area contributed by atoms with Gasteiger partial charge in [0.05, 0.1) is 11.7 Å². The lowest BCUT2D eigenvalue weighted by atomic mass is 10.2. The van der Waals surface area contributed by atoms with Crippen molar-refractivity contribution in [2.45, 2.75) is 30.7 Å². The Balaban J connectivity index is 1.84. The molecule has 0 amide bonds. The van der Waals surface area contributed by atoms with Crippen LogP contribution in [0.2, 0.25) is 0 Å². The molecule has 12 heteroatoms. The molecule has 3 aromatic rings. The predicted molar refractivity (Wildman–Crippen MR) is 87.9 cm³/mol. The van der Waals surface area contributed by atoms with Crippen LogP contribution in [0.5, 0.6) is 0 Å². The second kappa shape index (κ2) is 6.85. The number of hydrogen-bond acceptors (Lipinski definition) is 5. The SMILES string of the molecule is CCC(NS(=O)(=O)c1ccc(-c2cc(C(F)(F)F)[nH]n2)o1)c1ccnn1C. The molecule has 0 aliphatic heterocycles. The Morgan fingerprint density at radius 3 is 2.63 bits per heavy atom. The summed E-state index contributed by atoms with van der Waals surface area (Å²) < 4.78 is 72.4. The molecule has 0 aromatic carbocycles. The molecule has 0 aliphatic rings. The third-order valence-electron chi connectivity index (χ3n) is 3.90. The highest BCUT2D eigenvalue weighted by atomic mass is 32.2. The molecule has 0 aliphatic carbocycles. The van der Waals surface area contributed by atoms with E-state index >= 15 is 0 Å². The Morgan fingerprint density at radius 2 is 2.07 bits per heavy atom. The number of rotatable bonds is 6. The van der Waals surface area contributed by atoms with E-state index in [0.29, 0.717) is 12.1 Å². The zero-order valence-electron chi connectivity index (χ0n) is 14.3. The van der Waals surface area contributed by atoms with Gasteiger partial charge < -0.3 is 4.42 Å². The lowest BCUT2D eigenvalue weighted by Gasteiger charge is -2.16. The number of nitrogens with one attached hydrogen (secondary N) is 2. The van der Waals surface area contributed by atoms with Crippen molar-refractivity contribution < 1.29 is 26.0 Å². The third kappa shape index (κ3) is 3.90. The van der Waals surface area contributed by atoms with Gasteiger partial charge in [-0.3, -0.25) is 9.78 Å². The molecule has 27 heavy (non-hydrogen) atoms. The first-order chi connectivity index (χ1) is 12.6. The van der Waals surface area contributed by atoms with Gasteiger partial charge in [-0.05, 0) is 30.7 Å². The van der Waals surface area contributed by atoms with E-state index in [1.165, 1.54) is 6.07 Å². The van der Waals surface area contributed by atoms with Crippen molar-refractivity contribution in [1.29, 1.82) is 0 Å². The summed E-state index contributed by atoms with van der Waals surface area (Å²) in [6.45, 7) is 1.80. The van der Waals surface area contributed by atoms with Crippen LogP contribution in [-0.4, -0.2) is 28.4 Å². The maximum Gasteiger partial charge on any atom is 0.432 e. The Labute approximate surface area is 152 Å². The number of halogens is 3. The topological polar surface area (TPSA) is 106 Å². The number of alkyl halides is 3. The van der Waals surface area contributed by atoms with Crippen molar-refractivity contribution >= 4 is 10.0 Å². The lowest BCUT2D eigenvalue weighted by Crippen LogP contribution is -2.29. The van der Waals surface area contributed by atoms with Crippen molar-refractivity contribution in [3.8, 4) is 11.5 Å². The van der Waals surface area contributed by atoms with Gasteiger partial charge in [-0.2, -0.15) is 28.1 Å². The molecule has 0 spiro atoms. The highest BCUT2D eigenvalue weighted by Crippen LogP contribution is 2.31. The standard InChI is InChI=1S/C15H16F3N5O3S/c1-3-9(11-6-7-19-23(11)2)22-27(24,25)14-5-4-12(26-14)10-8-13(21-20-10)15(16,17)18/h4-9,22H,3H2,1-2H3,(H,20,21). The van der Waals surface area contributed by atoms with E-state index in [0.717, 1.165) is 12.1 Å². The smallest absolute Gasteiger partial charge is 0.432 e. The lowest BCUT2D eigenvalue weighted by molar-refractivity contribution is -0.141. The third-order valence-corrected chi connectivity index (χ3v) is 5.25. The molecule has 0 bridgehead atoms. The molecule has 0 saturated carbocycles. The van der Waals surface area contributed by atoms with Crippen molar-refractivity contribution in [1.82, 2.24) is 24.7 Å². The van der Waals surface area contributed by atoms with E-state index in [2.05, 4.69) is 14.9 Å². The molecular formula is C15H16F3N5O3S. The highest BCUT2D eigenvalue weighted by molar-refractivity contribution is 7.89. The summed E-state index contributed by atoms with van der Waals surface area (Å²) >= 11 is 0. The maximum absolute atomic E-state index is 12.6. The van der Waals surface area contributed by atoms with Gasteiger partial charge in [-0.1, -0.05) is 6.92 Å². The van der Waals surface area contributed by atoms with Gasteiger partial charge >= 0.3 is 6.18 Å². The zero-order chi connectivity index (χ0) is 19.8. The summed E-state index contributed by atoms with van der Waals surface area (Å²) in [5, 5.41) is 8.95. The molecule has 3 heterocycles. The minimum Gasteiger partial charge on any atom is -0.442 e. The first kappa shape index (κ1) is 19.2.